The van der Waals surface area contributed by atoms with Gasteiger partial charge in [-0.1, -0.05) is 66.0 Å². The van der Waals surface area contributed by atoms with Gasteiger partial charge in [-0.25, -0.2) is 0 Å². The summed E-state index contributed by atoms with van der Waals surface area (Å²) in [7, 11) is 0. The standard InChI is InChI=1S/C23H26N4O2.ClH/c1-16-9-11-18(12-10-16)21(28)25-19(17-7-3-2-4-8-17)15-20-26-22(27-29-20)23(24)13-5-6-14-23;/h2-4,7-12,19H,5-6,13-15,24H2,1H3,(H,25,28);1H. The summed E-state index contributed by atoms with van der Waals surface area (Å²) in [4.78, 5) is 17.4. The molecule has 2 aromatic carbocycles. The molecule has 0 bridgehead atoms. The minimum absolute atomic E-state index is 0. The molecule has 1 amide bonds. The van der Waals surface area contributed by atoms with Crippen LogP contribution in [0.5, 0.6) is 0 Å². The average molecular weight is 427 g/mol. The highest BCUT2D eigenvalue weighted by Crippen LogP contribution is 2.34. The molecule has 7 heteroatoms. The van der Waals surface area contributed by atoms with Crippen LogP contribution in [0.4, 0.5) is 0 Å². The van der Waals surface area contributed by atoms with Crippen LogP contribution in [-0.4, -0.2) is 16.0 Å². The zero-order chi connectivity index (χ0) is 20.3. The summed E-state index contributed by atoms with van der Waals surface area (Å²) >= 11 is 0. The van der Waals surface area contributed by atoms with Crippen LogP contribution in [0.1, 0.15) is 64.9 Å². The van der Waals surface area contributed by atoms with Crippen LogP contribution in [0.3, 0.4) is 0 Å². The molecule has 1 aliphatic rings. The van der Waals surface area contributed by atoms with Crippen molar-refractivity contribution in [2.45, 2.75) is 50.6 Å². The van der Waals surface area contributed by atoms with Gasteiger partial charge in [0.15, 0.2) is 5.82 Å². The number of hydrogen-bond donors (Lipinski definition) is 2. The minimum Gasteiger partial charge on any atom is -0.345 e. The van der Waals surface area contributed by atoms with Crippen molar-refractivity contribution in [3.63, 3.8) is 0 Å². The summed E-state index contributed by atoms with van der Waals surface area (Å²) in [5.74, 6) is 0.918. The second kappa shape index (κ2) is 9.41. The Morgan fingerprint density at radius 1 is 1.13 bits per heavy atom. The van der Waals surface area contributed by atoms with Gasteiger partial charge in [0.1, 0.15) is 0 Å². The van der Waals surface area contributed by atoms with E-state index in [0.29, 0.717) is 23.7 Å². The van der Waals surface area contributed by atoms with Gasteiger partial charge in [-0.3, -0.25) is 4.79 Å². The van der Waals surface area contributed by atoms with Crippen LogP contribution >= 0.6 is 12.4 Å². The number of amides is 1. The van der Waals surface area contributed by atoms with Gasteiger partial charge >= 0.3 is 0 Å². The third-order valence-corrected chi connectivity index (χ3v) is 5.61. The van der Waals surface area contributed by atoms with Crippen molar-refractivity contribution < 1.29 is 9.32 Å². The van der Waals surface area contributed by atoms with Gasteiger partial charge in [0.25, 0.3) is 5.91 Å². The van der Waals surface area contributed by atoms with Crippen molar-refractivity contribution in [2.75, 3.05) is 0 Å². The lowest BCUT2D eigenvalue weighted by Gasteiger charge is -2.19. The van der Waals surface area contributed by atoms with E-state index in [1.54, 1.807) is 0 Å². The van der Waals surface area contributed by atoms with E-state index in [1.807, 2.05) is 61.5 Å². The Morgan fingerprint density at radius 2 is 1.80 bits per heavy atom. The number of halogens is 1. The first-order valence-electron chi connectivity index (χ1n) is 10.1. The summed E-state index contributed by atoms with van der Waals surface area (Å²) in [6.45, 7) is 2.00. The second-order valence-corrected chi connectivity index (χ2v) is 7.88. The lowest BCUT2D eigenvalue weighted by atomic mass is 9.98. The number of carbonyl (C=O) groups excluding carboxylic acids is 1. The number of benzene rings is 2. The molecule has 30 heavy (non-hydrogen) atoms. The average Bonchev–Trinajstić information content (AvgIpc) is 3.39. The Hall–Kier alpha value is -2.70. The van der Waals surface area contributed by atoms with Crippen LogP contribution in [-0.2, 0) is 12.0 Å². The molecule has 1 saturated carbocycles. The first-order valence-corrected chi connectivity index (χ1v) is 10.1. The zero-order valence-corrected chi connectivity index (χ0v) is 17.8. The van der Waals surface area contributed by atoms with Crippen LogP contribution in [0.25, 0.3) is 0 Å². The van der Waals surface area contributed by atoms with Crippen LogP contribution in [0.2, 0.25) is 0 Å². The molecule has 6 nitrogen and oxygen atoms in total. The van der Waals surface area contributed by atoms with Crippen molar-refractivity contribution in [2.24, 2.45) is 5.73 Å². The fourth-order valence-corrected chi connectivity index (χ4v) is 3.83. The Labute approximate surface area is 182 Å². The maximum absolute atomic E-state index is 12.8. The largest absolute Gasteiger partial charge is 0.345 e. The molecule has 3 N–H and O–H groups in total. The highest BCUT2D eigenvalue weighted by molar-refractivity contribution is 5.94. The fraction of sp³-hybridized carbons (Fsp3) is 0.348. The quantitative estimate of drug-likeness (QED) is 0.614. The van der Waals surface area contributed by atoms with Crippen molar-refractivity contribution in [3.8, 4) is 0 Å². The molecule has 4 rings (SSSR count). The number of nitrogens with two attached hydrogens (primary N) is 1. The smallest absolute Gasteiger partial charge is 0.251 e. The zero-order valence-electron chi connectivity index (χ0n) is 17.0. The van der Waals surface area contributed by atoms with Crippen LogP contribution in [0.15, 0.2) is 59.1 Å². The van der Waals surface area contributed by atoms with Gasteiger partial charge in [0, 0.05) is 5.56 Å². The first kappa shape index (κ1) is 22.0. The normalized spacial score (nSPS) is 15.9. The first-order chi connectivity index (χ1) is 14.0. The number of aryl methyl sites for hydroxylation is 1. The second-order valence-electron chi connectivity index (χ2n) is 7.88. The van der Waals surface area contributed by atoms with Crippen molar-refractivity contribution >= 4 is 18.3 Å². The van der Waals surface area contributed by atoms with E-state index in [1.165, 1.54) is 0 Å². The minimum atomic E-state index is -0.491. The summed E-state index contributed by atoms with van der Waals surface area (Å²) < 4.78 is 5.50. The van der Waals surface area contributed by atoms with E-state index >= 15 is 0 Å². The topological polar surface area (TPSA) is 94.0 Å². The molecule has 0 radical (unpaired) electrons. The molecule has 158 valence electrons. The molecule has 1 aliphatic carbocycles. The van der Waals surface area contributed by atoms with E-state index in [2.05, 4.69) is 15.5 Å². The number of aromatic nitrogens is 2. The fourth-order valence-electron chi connectivity index (χ4n) is 3.83. The van der Waals surface area contributed by atoms with E-state index in [-0.39, 0.29) is 24.4 Å². The lowest BCUT2D eigenvalue weighted by molar-refractivity contribution is 0.0935. The molecule has 1 fully saturated rings. The molecule has 3 aromatic rings. The Morgan fingerprint density at radius 3 is 2.47 bits per heavy atom. The SMILES string of the molecule is Cc1ccc(C(=O)NC(Cc2nc(C3(N)CCCC3)no2)c2ccccc2)cc1.Cl. The number of nitrogens with zero attached hydrogens (tertiary/aromatic N) is 2. The molecular formula is C23H27ClN4O2. The molecule has 0 aliphatic heterocycles. The van der Waals surface area contributed by atoms with Gasteiger partial charge in [-0.2, -0.15) is 4.98 Å². The third-order valence-electron chi connectivity index (χ3n) is 5.61. The number of hydrogen-bond acceptors (Lipinski definition) is 5. The molecular weight excluding hydrogens is 400 g/mol. The number of nitrogens with one attached hydrogen (secondary N) is 1. The highest BCUT2D eigenvalue weighted by Gasteiger charge is 2.36. The van der Waals surface area contributed by atoms with E-state index in [9.17, 15) is 4.79 Å². The molecule has 1 atom stereocenters. The van der Waals surface area contributed by atoms with Crippen LogP contribution in [0, 0.1) is 6.92 Å². The predicted octanol–water partition coefficient (Wildman–Crippen LogP) is 4.24. The van der Waals surface area contributed by atoms with Gasteiger partial charge in [0.05, 0.1) is 18.0 Å². The van der Waals surface area contributed by atoms with Gasteiger partial charge in [-0.15, -0.1) is 12.4 Å². The van der Waals surface area contributed by atoms with E-state index in [4.69, 9.17) is 10.3 Å². The Bertz CT molecular complexity index is 966. The van der Waals surface area contributed by atoms with Gasteiger partial charge in [0.2, 0.25) is 5.89 Å². The summed E-state index contributed by atoms with van der Waals surface area (Å²) in [6, 6.07) is 17.1. The monoisotopic (exact) mass is 426 g/mol. The van der Waals surface area contributed by atoms with Gasteiger partial charge < -0.3 is 15.6 Å². The predicted molar refractivity (Wildman–Crippen MR) is 117 cm³/mol. The molecule has 0 saturated heterocycles. The summed E-state index contributed by atoms with van der Waals surface area (Å²) in [5, 5.41) is 7.25. The van der Waals surface area contributed by atoms with Crippen molar-refractivity contribution in [1.29, 1.82) is 0 Å². The number of carbonyl (C=O) groups is 1. The maximum Gasteiger partial charge on any atom is 0.251 e. The Balaban J connectivity index is 0.00000256. The molecule has 1 heterocycles. The Kier molecular flexibility index (Phi) is 6.90. The maximum atomic E-state index is 12.8. The molecule has 1 aromatic heterocycles. The summed E-state index contributed by atoms with van der Waals surface area (Å²) in [5.41, 5.74) is 8.67. The van der Waals surface area contributed by atoms with E-state index in [0.717, 1.165) is 36.8 Å². The van der Waals surface area contributed by atoms with Gasteiger partial charge in [-0.05, 0) is 37.5 Å². The third kappa shape index (κ3) is 4.89. The molecule has 0 spiro atoms. The van der Waals surface area contributed by atoms with Crippen molar-refractivity contribution in [1.82, 2.24) is 15.5 Å². The summed E-state index contributed by atoms with van der Waals surface area (Å²) in [6.07, 6.45) is 4.32. The van der Waals surface area contributed by atoms with E-state index < -0.39 is 5.54 Å². The van der Waals surface area contributed by atoms with Crippen LogP contribution < -0.4 is 11.1 Å². The lowest BCUT2D eigenvalue weighted by Crippen LogP contribution is -2.34. The number of rotatable bonds is 6. The van der Waals surface area contributed by atoms with Crippen molar-refractivity contribution in [3.05, 3.63) is 83.0 Å². The molecule has 1 unspecified atom stereocenters. The highest BCUT2D eigenvalue weighted by atomic mass is 35.5.